The quantitative estimate of drug-likeness (QED) is 0.758. The van der Waals surface area contributed by atoms with E-state index in [4.69, 9.17) is 16.7 Å². The standard InChI is InChI=1S/C18H21ClN2O2/c1-12-14(18(23)20-10-11-22)7-5-9-17(12)21-13(2)15-6-3-4-8-16(15)19/h3-9,13,21-22H,10-11H2,1-2H3,(H,20,23). The number of hydrogen-bond donors (Lipinski definition) is 3. The summed E-state index contributed by atoms with van der Waals surface area (Å²) in [5, 5.41) is 15.6. The Morgan fingerprint density at radius 3 is 2.65 bits per heavy atom. The van der Waals surface area contributed by atoms with Crippen molar-refractivity contribution in [2.24, 2.45) is 0 Å². The Balaban J connectivity index is 2.21. The maximum Gasteiger partial charge on any atom is 0.251 e. The summed E-state index contributed by atoms with van der Waals surface area (Å²) in [5.41, 5.74) is 3.34. The molecular weight excluding hydrogens is 312 g/mol. The van der Waals surface area contributed by atoms with Gasteiger partial charge in [0.25, 0.3) is 5.91 Å². The van der Waals surface area contributed by atoms with Crippen molar-refractivity contribution in [1.82, 2.24) is 5.32 Å². The van der Waals surface area contributed by atoms with E-state index in [2.05, 4.69) is 10.6 Å². The van der Waals surface area contributed by atoms with Crippen LogP contribution in [0, 0.1) is 6.92 Å². The molecule has 1 amide bonds. The molecular formula is C18H21ClN2O2. The molecule has 2 aromatic rings. The summed E-state index contributed by atoms with van der Waals surface area (Å²) in [4.78, 5) is 12.1. The Kier molecular flexibility index (Phi) is 6.02. The molecule has 0 saturated carbocycles. The minimum Gasteiger partial charge on any atom is -0.395 e. The Labute approximate surface area is 141 Å². The SMILES string of the molecule is Cc1c(NC(C)c2ccccc2Cl)cccc1C(=O)NCCO. The van der Waals surface area contributed by atoms with Crippen LogP contribution in [0.5, 0.6) is 0 Å². The third kappa shape index (κ3) is 4.24. The van der Waals surface area contributed by atoms with Crippen LogP contribution in [0.1, 0.15) is 34.5 Å². The number of benzene rings is 2. The van der Waals surface area contributed by atoms with E-state index >= 15 is 0 Å². The number of halogens is 1. The van der Waals surface area contributed by atoms with E-state index in [0.29, 0.717) is 10.6 Å². The average Bonchev–Trinajstić information content (AvgIpc) is 2.54. The number of carbonyl (C=O) groups is 1. The van der Waals surface area contributed by atoms with E-state index in [-0.39, 0.29) is 25.1 Å². The second kappa shape index (κ2) is 7.99. The maximum absolute atomic E-state index is 12.1. The van der Waals surface area contributed by atoms with Gasteiger partial charge in [0, 0.05) is 28.9 Å². The third-order valence-corrected chi connectivity index (χ3v) is 4.06. The number of aliphatic hydroxyl groups is 1. The molecule has 23 heavy (non-hydrogen) atoms. The molecule has 0 spiro atoms. The molecule has 0 fully saturated rings. The first-order valence-corrected chi connectivity index (χ1v) is 7.92. The number of nitrogens with one attached hydrogen (secondary N) is 2. The lowest BCUT2D eigenvalue weighted by atomic mass is 10.0. The average molecular weight is 333 g/mol. The molecule has 0 aliphatic heterocycles. The van der Waals surface area contributed by atoms with E-state index in [1.165, 1.54) is 0 Å². The van der Waals surface area contributed by atoms with Crippen molar-refractivity contribution >= 4 is 23.2 Å². The van der Waals surface area contributed by atoms with Gasteiger partial charge in [-0.15, -0.1) is 0 Å². The van der Waals surface area contributed by atoms with Crippen molar-refractivity contribution in [3.63, 3.8) is 0 Å². The summed E-state index contributed by atoms with van der Waals surface area (Å²) in [7, 11) is 0. The van der Waals surface area contributed by atoms with Crippen LogP contribution >= 0.6 is 11.6 Å². The molecule has 0 radical (unpaired) electrons. The molecule has 1 unspecified atom stereocenters. The summed E-state index contributed by atoms with van der Waals surface area (Å²) in [6.45, 7) is 4.09. The number of rotatable bonds is 6. The number of carbonyl (C=O) groups excluding carboxylic acids is 1. The van der Waals surface area contributed by atoms with Crippen LogP contribution in [0.15, 0.2) is 42.5 Å². The highest BCUT2D eigenvalue weighted by Gasteiger charge is 2.14. The topological polar surface area (TPSA) is 61.4 Å². The Morgan fingerprint density at radius 2 is 1.96 bits per heavy atom. The van der Waals surface area contributed by atoms with Crippen LogP contribution in [0.25, 0.3) is 0 Å². The molecule has 0 aliphatic rings. The van der Waals surface area contributed by atoms with Crippen molar-refractivity contribution in [3.8, 4) is 0 Å². The van der Waals surface area contributed by atoms with Crippen molar-refractivity contribution in [3.05, 3.63) is 64.2 Å². The Morgan fingerprint density at radius 1 is 1.22 bits per heavy atom. The number of aliphatic hydroxyl groups excluding tert-OH is 1. The van der Waals surface area contributed by atoms with E-state index in [1.54, 1.807) is 6.07 Å². The molecule has 1 atom stereocenters. The molecule has 0 aliphatic carbocycles. The summed E-state index contributed by atoms with van der Waals surface area (Å²) >= 11 is 6.24. The molecule has 2 rings (SSSR count). The molecule has 0 bridgehead atoms. The van der Waals surface area contributed by atoms with Gasteiger partial charge in [-0.05, 0) is 43.2 Å². The minimum absolute atomic E-state index is 0.0122. The summed E-state index contributed by atoms with van der Waals surface area (Å²) in [6.07, 6.45) is 0. The number of hydrogen-bond acceptors (Lipinski definition) is 3. The minimum atomic E-state index is -0.189. The highest BCUT2D eigenvalue weighted by molar-refractivity contribution is 6.31. The van der Waals surface area contributed by atoms with Crippen LogP contribution in [0.2, 0.25) is 5.02 Å². The van der Waals surface area contributed by atoms with Crippen LogP contribution in [0.3, 0.4) is 0 Å². The lowest BCUT2D eigenvalue weighted by Crippen LogP contribution is -2.27. The second-order valence-corrected chi connectivity index (χ2v) is 5.75. The fourth-order valence-electron chi connectivity index (χ4n) is 2.44. The predicted octanol–water partition coefficient (Wildman–Crippen LogP) is 3.54. The molecule has 3 N–H and O–H groups in total. The van der Waals surface area contributed by atoms with E-state index in [0.717, 1.165) is 16.8 Å². The van der Waals surface area contributed by atoms with Gasteiger partial charge in [0.05, 0.1) is 6.61 Å². The van der Waals surface area contributed by atoms with Crippen molar-refractivity contribution < 1.29 is 9.90 Å². The van der Waals surface area contributed by atoms with Crippen molar-refractivity contribution in [1.29, 1.82) is 0 Å². The third-order valence-electron chi connectivity index (χ3n) is 3.72. The second-order valence-electron chi connectivity index (χ2n) is 5.35. The van der Waals surface area contributed by atoms with Gasteiger partial charge < -0.3 is 15.7 Å². The summed E-state index contributed by atoms with van der Waals surface area (Å²) in [5.74, 6) is -0.189. The normalized spacial score (nSPS) is 11.8. The lowest BCUT2D eigenvalue weighted by Gasteiger charge is -2.20. The zero-order valence-corrected chi connectivity index (χ0v) is 14.0. The molecule has 5 heteroatoms. The number of anilines is 1. The lowest BCUT2D eigenvalue weighted by molar-refractivity contribution is 0.0944. The van der Waals surface area contributed by atoms with Gasteiger partial charge in [-0.25, -0.2) is 0 Å². The van der Waals surface area contributed by atoms with Crippen molar-refractivity contribution in [2.75, 3.05) is 18.5 Å². The summed E-state index contributed by atoms with van der Waals surface area (Å²) in [6, 6.07) is 13.2. The summed E-state index contributed by atoms with van der Waals surface area (Å²) < 4.78 is 0. The smallest absolute Gasteiger partial charge is 0.251 e. The van der Waals surface area contributed by atoms with Gasteiger partial charge in [0.15, 0.2) is 0 Å². The zero-order chi connectivity index (χ0) is 16.8. The largest absolute Gasteiger partial charge is 0.395 e. The first-order chi connectivity index (χ1) is 11.0. The van der Waals surface area contributed by atoms with Gasteiger partial charge in [-0.1, -0.05) is 35.9 Å². The van der Waals surface area contributed by atoms with Gasteiger partial charge in [0.2, 0.25) is 0 Å². The van der Waals surface area contributed by atoms with Crippen LogP contribution in [-0.4, -0.2) is 24.2 Å². The molecule has 0 saturated heterocycles. The zero-order valence-electron chi connectivity index (χ0n) is 13.3. The predicted molar refractivity (Wildman–Crippen MR) is 94.1 cm³/mol. The molecule has 0 aromatic heterocycles. The molecule has 0 heterocycles. The van der Waals surface area contributed by atoms with Gasteiger partial charge >= 0.3 is 0 Å². The van der Waals surface area contributed by atoms with Crippen LogP contribution < -0.4 is 10.6 Å². The molecule has 122 valence electrons. The first kappa shape index (κ1) is 17.3. The fraction of sp³-hybridized carbons (Fsp3) is 0.278. The van der Waals surface area contributed by atoms with Crippen LogP contribution in [0.4, 0.5) is 5.69 Å². The highest BCUT2D eigenvalue weighted by atomic mass is 35.5. The van der Waals surface area contributed by atoms with Gasteiger partial charge in [0.1, 0.15) is 0 Å². The first-order valence-electron chi connectivity index (χ1n) is 7.54. The Hall–Kier alpha value is -2.04. The molecule has 2 aromatic carbocycles. The maximum atomic E-state index is 12.1. The van der Waals surface area contributed by atoms with E-state index < -0.39 is 0 Å². The van der Waals surface area contributed by atoms with E-state index in [9.17, 15) is 4.79 Å². The fourth-order valence-corrected chi connectivity index (χ4v) is 2.74. The Bertz CT molecular complexity index is 688. The highest BCUT2D eigenvalue weighted by Crippen LogP contribution is 2.28. The van der Waals surface area contributed by atoms with Gasteiger partial charge in [-0.3, -0.25) is 4.79 Å². The van der Waals surface area contributed by atoms with E-state index in [1.807, 2.05) is 50.2 Å². The van der Waals surface area contributed by atoms with Crippen molar-refractivity contribution in [2.45, 2.75) is 19.9 Å². The van der Waals surface area contributed by atoms with Gasteiger partial charge in [-0.2, -0.15) is 0 Å². The monoisotopic (exact) mass is 332 g/mol. The number of amides is 1. The molecule has 4 nitrogen and oxygen atoms in total. The van der Waals surface area contributed by atoms with Crippen LogP contribution in [-0.2, 0) is 0 Å².